The van der Waals surface area contributed by atoms with E-state index in [1.807, 2.05) is 6.07 Å². The number of carbonyl (C=O) groups excluding carboxylic acids is 1. The van der Waals surface area contributed by atoms with Crippen LogP contribution in [0.15, 0.2) is 42.5 Å². The lowest BCUT2D eigenvalue weighted by Crippen LogP contribution is -2.19. The molecule has 1 aliphatic rings. The summed E-state index contributed by atoms with van der Waals surface area (Å²) in [4.78, 5) is 16.7. The highest BCUT2D eigenvalue weighted by Crippen LogP contribution is 2.38. The number of nitrogens with one attached hydrogen (secondary N) is 1. The number of alkyl halides is 3. The first kappa shape index (κ1) is 22.0. The highest BCUT2D eigenvalue weighted by Gasteiger charge is 2.31. The minimum atomic E-state index is -4.74. The van der Waals surface area contributed by atoms with Gasteiger partial charge in [0, 0.05) is 11.7 Å². The Morgan fingerprint density at radius 2 is 1.91 bits per heavy atom. The van der Waals surface area contributed by atoms with E-state index >= 15 is 0 Å². The average Bonchev–Trinajstić information content (AvgIpc) is 3.10. The van der Waals surface area contributed by atoms with E-state index in [-0.39, 0.29) is 11.8 Å². The van der Waals surface area contributed by atoms with Crippen LogP contribution in [0.1, 0.15) is 49.0 Å². The van der Waals surface area contributed by atoms with Crippen LogP contribution in [0.2, 0.25) is 0 Å². The Morgan fingerprint density at radius 1 is 1.16 bits per heavy atom. The molecule has 1 aliphatic carbocycles. The van der Waals surface area contributed by atoms with Crippen molar-refractivity contribution in [2.75, 3.05) is 12.4 Å². The van der Waals surface area contributed by atoms with Crippen LogP contribution in [0.25, 0.3) is 11.0 Å². The topological polar surface area (TPSA) is 65.4 Å². The Morgan fingerprint density at radius 3 is 2.56 bits per heavy atom. The Labute approximate surface area is 183 Å². The monoisotopic (exact) mass is 447 g/mol. The number of halogens is 3. The minimum absolute atomic E-state index is 0.225. The summed E-state index contributed by atoms with van der Waals surface area (Å²) in [6.07, 6.45) is -0.454. The van der Waals surface area contributed by atoms with Crippen LogP contribution < -0.4 is 10.1 Å². The molecule has 1 fully saturated rings. The van der Waals surface area contributed by atoms with Gasteiger partial charge in [0.05, 0.1) is 23.7 Å². The maximum atomic E-state index is 12.4. The third-order valence-corrected chi connectivity index (χ3v) is 5.73. The van der Waals surface area contributed by atoms with Gasteiger partial charge in [-0.05, 0) is 61.2 Å². The largest absolute Gasteiger partial charge is 0.573 e. The predicted molar refractivity (Wildman–Crippen MR) is 114 cm³/mol. The number of imidazole rings is 1. The van der Waals surface area contributed by atoms with Crippen molar-refractivity contribution in [1.29, 1.82) is 0 Å². The molecule has 2 unspecified atom stereocenters. The molecule has 3 aromatic rings. The molecule has 32 heavy (non-hydrogen) atoms. The van der Waals surface area contributed by atoms with Crippen molar-refractivity contribution >= 4 is 28.6 Å². The SMILES string of the molecule is COC(=O)c1ccc2c(c1)nc(Nc1ccc(OC(F)(F)F)cc1)n2C1CCCC(C)C1. The first-order valence-corrected chi connectivity index (χ1v) is 10.5. The molecule has 1 heterocycles. The fraction of sp³-hybridized carbons (Fsp3) is 0.391. The van der Waals surface area contributed by atoms with E-state index in [4.69, 9.17) is 9.72 Å². The molecular formula is C23H24F3N3O3. The Balaban J connectivity index is 1.70. The summed E-state index contributed by atoms with van der Waals surface area (Å²) in [5.41, 5.74) is 2.51. The van der Waals surface area contributed by atoms with Gasteiger partial charge in [0.25, 0.3) is 0 Å². The molecule has 2 atom stereocenters. The van der Waals surface area contributed by atoms with E-state index in [2.05, 4.69) is 21.5 Å². The molecule has 1 saturated carbocycles. The lowest BCUT2D eigenvalue weighted by Gasteiger charge is -2.29. The van der Waals surface area contributed by atoms with Gasteiger partial charge in [-0.15, -0.1) is 13.2 Å². The Kier molecular flexibility index (Phi) is 5.99. The Hall–Kier alpha value is -3.23. The van der Waals surface area contributed by atoms with E-state index in [0.717, 1.165) is 24.8 Å². The van der Waals surface area contributed by atoms with Crippen LogP contribution in [-0.4, -0.2) is 29.0 Å². The number of esters is 1. The van der Waals surface area contributed by atoms with Crippen LogP contribution in [0.3, 0.4) is 0 Å². The molecule has 1 N–H and O–H groups in total. The molecule has 0 spiro atoms. The van der Waals surface area contributed by atoms with Crippen molar-refractivity contribution in [3.63, 3.8) is 0 Å². The van der Waals surface area contributed by atoms with Crippen molar-refractivity contribution < 1.29 is 27.4 Å². The van der Waals surface area contributed by atoms with Crippen LogP contribution in [0.5, 0.6) is 5.75 Å². The highest BCUT2D eigenvalue weighted by atomic mass is 19.4. The highest BCUT2D eigenvalue weighted by molar-refractivity contribution is 5.94. The van der Waals surface area contributed by atoms with Crippen LogP contribution in [0.4, 0.5) is 24.8 Å². The normalized spacial score (nSPS) is 19.0. The molecule has 0 aliphatic heterocycles. The Bertz CT molecular complexity index is 1110. The zero-order valence-corrected chi connectivity index (χ0v) is 17.8. The van der Waals surface area contributed by atoms with Gasteiger partial charge in [0.1, 0.15) is 5.75 Å². The summed E-state index contributed by atoms with van der Waals surface area (Å²) >= 11 is 0. The molecule has 6 nitrogen and oxygen atoms in total. The van der Waals surface area contributed by atoms with Crippen molar-refractivity contribution in [3.05, 3.63) is 48.0 Å². The zero-order valence-electron chi connectivity index (χ0n) is 17.8. The summed E-state index contributed by atoms with van der Waals surface area (Å²) in [6, 6.07) is 11.0. The molecule has 0 bridgehead atoms. The van der Waals surface area contributed by atoms with E-state index in [9.17, 15) is 18.0 Å². The first-order chi connectivity index (χ1) is 15.2. The number of hydrogen-bond donors (Lipinski definition) is 1. The molecule has 4 rings (SSSR count). The molecular weight excluding hydrogens is 423 g/mol. The molecule has 1 aromatic heterocycles. The number of carbonyl (C=O) groups is 1. The summed E-state index contributed by atoms with van der Waals surface area (Å²) in [7, 11) is 1.33. The summed E-state index contributed by atoms with van der Waals surface area (Å²) < 4.78 is 48.2. The maximum absolute atomic E-state index is 12.4. The van der Waals surface area contributed by atoms with Gasteiger partial charge in [-0.1, -0.05) is 19.8 Å². The fourth-order valence-corrected chi connectivity index (χ4v) is 4.31. The lowest BCUT2D eigenvalue weighted by atomic mass is 9.87. The summed E-state index contributed by atoms with van der Waals surface area (Å²) in [6.45, 7) is 2.23. The van der Waals surface area contributed by atoms with Gasteiger partial charge in [-0.2, -0.15) is 0 Å². The van der Waals surface area contributed by atoms with E-state index < -0.39 is 12.3 Å². The number of ether oxygens (including phenoxy) is 2. The van der Waals surface area contributed by atoms with Crippen LogP contribution in [0, 0.1) is 5.92 Å². The molecule has 0 saturated heterocycles. The third-order valence-electron chi connectivity index (χ3n) is 5.73. The number of nitrogens with zero attached hydrogens (tertiary/aromatic N) is 2. The van der Waals surface area contributed by atoms with Gasteiger partial charge in [-0.3, -0.25) is 0 Å². The molecule has 0 radical (unpaired) electrons. The second kappa shape index (κ2) is 8.72. The zero-order chi connectivity index (χ0) is 22.9. The predicted octanol–water partition coefficient (Wildman–Crippen LogP) is 6.22. The van der Waals surface area contributed by atoms with Crippen molar-refractivity contribution in [3.8, 4) is 5.75 Å². The average molecular weight is 447 g/mol. The van der Waals surface area contributed by atoms with E-state index in [1.165, 1.54) is 37.8 Å². The van der Waals surface area contributed by atoms with Crippen molar-refractivity contribution in [1.82, 2.24) is 9.55 Å². The quantitative estimate of drug-likeness (QED) is 0.471. The number of methoxy groups -OCH3 is 1. The van der Waals surface area contributed by atoms with Gasteiger partial charge < -0.3 is 19.4 Å². The second-order valence-electron chi connectivity index (χ2n) is 8.12. The molecule has 0 amide bonds. The standard InChI is InChI=1S/C23H24F3N3O3/c1-14-4-3-5-17(12-14)29-20-11-6-15(21(30)31-2)13-19(20)28-22(29)27-16-7-9-18(10-8-16)32-23(24,25)26/h6-11,13-14,17H,3-5,12H2,1-2H3,(H,27,28). The number of fused-ring (bicyclic) bond motifs is 1. The maximum Gasteiger partial charge on any atom is 0.573 e. The van der Waals surface area contributed by atoms with Gasteiger partial charge >= 0.3 is 12.3 Å². The minimum Gasteiger partial charge on any atom is -0.465 e. The molecule has 9 heteroatoms. The molecule has 170 valence electrons. The second-order valence-corrected chi connectivity index (χ2v) is 8.12. The fourth-order valence-electron chi connectivity index (χ4n) is 4.31. The number of anilines is 2. The van der Waals surface area contributed by atoms with Crippen molar-refractivity contribution in [2.45, 2.75) is 45.0 Å². The van der Waals surface area contributed by atoms with Crippen LogP contribution in [-0.2, 0) is 4.74 Å². The van der Waals surface area contributed by atoms with Crippen molar-refractivity contribution in [2.24, 2.45) is 5.92 Å². The third kappa shape index (κ3) is 4.81. The number of aromatic nitrogens is 2. The smallest absolute Gasteiger partial charge is 0.465 e. The first-order valence-electron chi connectivity index (χ1n) is 10.5. The lowest BCUT2D eigenvalue weighted by molar-refractivity contribution is -0.274. The van der Waals surface area contributed by atoms with E-state index in [1.54, 1.807) is 12.1 Å². The number of rotatable bonds is 5. The summed E-state index contributed by atoms with van der Waals surface area (Å²) in [5.74, 6) is 0.417. The number of hydrogen-bond acceptors (Lipinski definition) is 5. The van der Waals surface area contributed by atoms with E-state index in [0.29, 0.717) is 28.6 Å². The van der Waals surface area contributed by atoms with Crippen LogP contribution >= 0.6 is 0 Å². The van der Waals surface area contributed by atoms with Gasteiger partial charge in [0.2, 0.25) is 5.95 Å². The summed E-state index contributed by atoms with van der Waals surface area (Å²) in [5, 5.41) is 3.23. The molecule has 2 aromatic carbocycles. The van der Waals surface area contributed by atoms with Gasteiger partial charge in [0.15, 0.2) is 0 Å². The van der Waals surface area contributed by atoms with Gasteiger partial charge in [-0.25, -0.2) is 9.78 Å². The number of benzene rings is 2.